The Bertz CT molecular complexity index is 1350. The van der Waals surface area contributed by atoms with Crippen LogP contribution in [-0.2, 0) is 5.41 Å². The summed E-state index contributed by atoms with van der Waals surface area (Å²) < 4.78 is 6.46. The predicted octanol–water partition coefficient (Wildman–Crippen LogP) is 5.86. The summed E-state index contributed by atoms with van der Waals surface area (Å²) in [6, 6.07) is 22.2. The van der Waals surface area contributed by atoms with E-state index in [-0.39, 0.29) is 11.9 Å². The normalized spacial score (nSPS) is 28.6. The maximum Gasteiger partial charge on any atom is 0.251 e. The van der Waals surface area contributed by atoms with Crippen LogP contribution in [0.4, 0.5) is 0 Å². The fraction of sp³-hybridized carbons (Fsp3) is 0.441. The van der Waals surface area contributed by atoms with Crippen LogP contribution in [0.25, 0.3) is 10.8 Å². The maximum atomic E-state index is 13.4. The SMILES string of the molecule is C=CC[N@@+]1(CC(C)C)CC[C@]2(c3cccc(OC)c3)C[C@@H](NC(=O)c3ccc4ccccc4c3)CCC2(O)C1. The first-order valence-corrected chi connectivity index (χ1v) is 14.3. The molecule has 2 N–H and O–H groups in total. The van der Waals surface area contributed by atoms with E-state index in [1.165, 1.54) is 0 Å². The van der Waals surface area contributed by atoms with Crippen molar-refractivity contribution in [2.45, 2.75) is 56.6 Å². The molecule has 5 heteroatoms. The number of quaternary nitrogens is 1. The van der Waals surface area contributed by atoms with Crippen LogP contribution in [0.3, 0.4) is 0 Å². The summed E-state index contributed by atoms with van der Waals surface area (Å²) in [4.78, 5) is 13.4. The van der Waals surface area contributed by atoms with E-state index in [1.807, 2.05) is 54.6 Å². The van der Waals surface area contributed by atoms with Gasteiger partial charge in [-0.05, 0) is 65.9 Å². The van der Waals surface area contributed by atoms with Gasteiger partial charge in [-0.3, -0.25) is 4.79 Å². The number of carbonyl (C=O) groups excluding carboxylic acids is 1. The lowest BCUT2D eigenvalue weighted by molar-refractivity contribution is -0.938. The largest absolute Gasteiger partial charge is 0.497 e. The van der Waals surface area contributed by atoms with Gasteiger partial charge in [0.2, 0.25) is 0 Å². The molecule has 1 heterocycles. The molecular formula is C34H43N2O3+. The number of carbonyl (C=O) groups is 1. The van der Waals surface area contributed by atoms with Crippen molar-refractivity contribution < 1.29 is 19.1 Å². The number of rotatable bonds is 8. The number of methoxy groups -OCH3 is 1. The summed E-state index contributed by atoms with van der Waals surface area (Å²) in [7, 11) is 1.69. The molecule has 1 saturated heterocycles. The van der Waals surface area contributed by atoms with E-state index in [1.54, 1.807) is 7.11 Å². The van der Waals surface area contributed by atoms with Gasteiger partial charge in [0.1, 0.15) is 17.9 Å². The van der Waals surface area contributed by atoms with Gasteiger partial charge in [0.25, 0.3) is 5.91 Å². The molecule has 4 atom stereocenters. The van der Waals surface area contributed by atoms with Gasteiger partial charge in [-0.1, -0.05) is 62.9 Å². The molecule has 206 valence electrons. The minimum absolute atomic E-state index is 0.0278. The monoisotopic (exact) mass is 527 g/mol. The molecular weight excluding hydrogens is 484 g/mol. The van der Waals surface area contributed by atoms with E-state index in [2.05, 4.69) is 43.9 Å². The molecule has 0 radical (unpaired) electrons. The van der Waals surface area contributed by atoms with Crippen LogP contribution in [0.1, 0.15) is 55.5 Å². The highest BCUT2D eigenvalue weighted by Crippen LogP contribution is 2.53. The molecule has 5 nitrogen and oxygen atoms in total. The molecule has 1 unspecified atom stereocenters. The third-order valence-electron chi connectivity index (χ3n) is 9.24. The van der Waals surface area contributed by atoms with Crippen molar-refractivity contribution in [3.8, 4) is 5.75 Å². The van der Waals surface area contributed by atoms with Crippen molar-refractivity contribution in [3.63, 3.8) is 0 Å². The molecule has 5 rings (SSSR count). The van der Waals surface area contributed by atoms with E-state index in [9.17, 15) is 9.90 Å². The number of ether oxygens (including phenoxy) is 1. The van der Waals surface area contributed by atoms with Crippen molar-refractivity contribution >= 4 is 16.7 Å². The first-order valence-electron chi connectivity index (χ1n) is 14.3. The third kappa shape index (κ3) is 5.22. The lowest BCUT2D eigenvalue weighted by Gasteiger charge is -2.60. The Morgan fingerprint density at radius 2 is 1.92 bits per heavy atom. The average molecular weight is 528 g/mol. The number of benzene rings is 3. The molecule has 1 aliphatic carbocycles. The zero-order valence-electron chi connectivity index (χ0n) is 23.7. The summed E-state index contributed by atoms with van der Waals surface area (Å²) in [6.07, 6.45) is 4.95. The minimum Gasteiger partial charge on any atom is -0.497 e. The van der Waals surface area contributed by atoms with Crippen LogP contribution in [-0.4, -0.2) is 60.4 Å². The number of likely N-dealkylation sites (tertiary alicyclic amines) is 1. The second kappa shape index (κ2) is 10.8. The summed E-state index contributed by atoms with van der Waals surface area (Å²) in [5, 5.41) is 18.1. The second-order valence-electron chi connectivity index (χ2n) is 12.3. The topological polar surface area (TPSA) is 58.6 Å². The number of aliphatic hydroxyl groups is 1. The van der Waals surface area contributed by atoms with E-state index in [0.29, 0.717) is 30.9 Å². The number of nitrogens with zero attached hydrogens (tertiary/aromatic N) is 1. The van der Waals surface area contributed by atoms with E-state index >= 15 is 0 Å². The molecule has 1 amide bonds. The Morgan fingerprint density at radius 3 is 2.67 bits per heavy atom. The predicted molar refractivity (Wildman–Crippen MR) is 158 cm³/mol. The number of amides is 1. The number of hydrogen-bond donors (Lipinski definition) is 2. The molecule has 2 fully saturated rings. The molecule has 3 aromatic carbocycles. The molecule has 0 spiro atoms. The van der Waals surface area contributed by atoms with Crippen molar-refractivity contribution in [1.82, 2.24) is 5.32 Å². The Labute approximate surface area is 233 Å². The quantitative estimate of drug-likeness (QED) is 0.285. The van der Waals surface area contributed by atoms with Gasteiger partial charge >= 0.3 is 0 Å². The fourth-order valence-corrected chi connectivity index (χ4v) is 7.60. The standard InChI is InChI=1S/C34H42N2O3/c1-5-18-36(23-25(2)3)19-17-33(29-11-8-12-31(21-29)39-4)22-30(15-16-34(33,38)24-36)35-32(37)28-14-13-26-9-6-7-10-27(26)20-28/h5-14,20-21,25,30,38H,1,15-19,22-24H2,2-4H3/p+1/t30-,33+,34?,36-/m0/s1. The highest BCUT2D eigenvalue weighted by Gasteiger charge is 2.62. The third-order valence-corrected chi connectivity index (χ3v) is 9.24. The Balaban J connectivity index is 1.47. The van der Waals surface area contributed by atoms with Crippen LogP contribution >= 0.6 is 0 Å². The fourth-order valence-electron chi connectivity index (χ4n) is 7.60. The van der Waals surface area contributed by atoms with E-state index in [0.717, 1.165) is 59.0 Å². The lowest BCUT2D eigenvalue weighted by atomic mass is 9.54. The van der Waals surface area contributed by atoms with Gasteiger partial charge in [-0.15, -0.1) is 0 Å². The minimum atomic E-state index is -0.889. The van der Waals surface area contributed by atoms with Gasteiger partial charge in [0, 0.05) is 29.4 Å². The van der Waals surface area contributed by atoms with Crippen molar-refractivity contribution in [2.75, 3.05) is 33.3 Å². The molecule has 1 saturated carbocycles. The summed E-state index contributed by atoms with van der Waals surface area (Å²) in [5.41, 5.74) is 0.419. The van der Waals surface area contributed by atoms with Gasteiger partial charge in [-0.25, -0.2) is 0 Å². The lowest BCUT2D eigenvalue weighted by Crippen LogP contribution is -2.72. The van der Waals surface area contributed by atoms with E-state index < -0.39 is 11.0 Å². The summed E-state index contributed by atoms with van der Waals surface area (Å²) >= 11 is 0. The van der Waals surface area contributed by atoms with Crippen LogP contribution in [0.5, 0.6) is 5.75 Å². The first-order chi connectivity index (χ1) is 18.7. The number of nitrogens with one attached hydrogen (secondary N) is 1. The molecule has 2 aliphatic rings. The van der Waals surface area contributed by atoms with Gasteiger partial charge < -0.3 is 19.6 Å². The number of fused-ring (bicyclic) bond motifs is 2. The van der Waals surface area contributed by atoms with Crippen LogP contribution in [0.2, 0.25) is 0 Å². The highest BCUT2D eigenvalue weighted by molar-refractivity contribution is 5.98. The van der Waals surface area contributed by atoms with E-state index in [4.69, 9.17) is 4.74 Å². The Hall–Kier alpha value is -3.15. The smallest absolute Gasteiger partial charge is 0.251 e. The summed E-state index contributed by atoms with van der Waals surface area (Å²) in [6.45, 7) is 12.1. The Kier molecular flexibility index (Phi) is 7.58. The average Bonchev–Trinajstić information content (AvgIpc) is 2.92. The highest BCUT2D eigenvalue weighted by atomic mass is 16.5. The number of hydrogen-bond acceptors (Lipinski definition) is 3. The van der Waals surface area contributed by atoms with Crippen LogP contribution < -0.4 is 10.1 Å². The molecule has 39 heavy (non-hydrogen) atoms. The molecule has 0 bridgehead atoms. The molecule has 3 aromatic rings. The van der Waals surface area contributed by atoms with Crippen LogP contribution in [0.15, 0.2) is 79.4 Å². The zero-order chi connectivity index (χ0) is 27.7. The van der Waals surface area contributed by atoms with Crippen molar-refractivity contribution in [3.05, 3.63) is 90.5 Å². The van der Waals surface area contributed by atoms with Gasteiger partial charge in [0.05, 0.1) is 26.7 Å². The molecule has 0 aromatic heterocycles. The van der Waals surface area contributed by atoms with Crippen LogP contribution in [0, 0.1) is 5.92 Å². The van der Waals surface area contributed by atoms with Crippen molar-refractivity contribution in [1.29, 1.82) is 0 Å². The summed E-state index contributed by atoms with van der Waals surface area (Å²) in [5.74, 6) is 1.27. The van der Waals surface area contributed by atoms with Gasteiger partial charge in [0.15, 0.2) is 0 Å². The zero-order valence-corrected chi connectivity index (χ0v) is 23.7. The first kappa shape index (κ1) is 27.4. The molecule has 1 aliphatic heterocycles. The maximum absolute atomic E-state index is 13.4. The van der Waals surface area contributed by atoms with Gasteiger partial charge in [-0.2, -0.15) is 0 Å². The van der Waals surface area contributed by atoms with Crippen molar-refractivity contribution in [2.24, 2.45) is 5.92 Å². The Morgan fingerprint density at radius 1 is 1.13 bits per heavy atom. The second-order valence-corrected chi connectivity index (χ2v) is 12.3. The number of piperidine rings is 1.